The van der Waals surface area contributed by atoms with E-state index in [4.69, 9.17) is 0 Å². The fourth-order valence-corrected chi connectivity index (χ4v) is 2.81. The molecule has 0 fully saturated rings. The number of aliphatic hydroxyl groups excluding tert-OH is 1. The molecule has 0 aliphatic carbocycles. The number of amides is 1. The van der Waals surface area contributed by atoms with Crippen LogP contribution in [-0.4, -0.2) is 38.3 Å². The summed E-state index contributed by atoms with van der Waals surface area (Å²) in [6, 6.07) is 11.7. The van der Waals surface area contributed by atoms with Crippen LogP contribution in [0.2, 0.25) is 0 Å². The molecule has 3 aromatic rings. The van der Waals surface area contributed by atoms with Gasteiger partial charge >= 0.3 is 0 Å². The summed E-state index contributed by atoms with van der Waals surface area (Å²) in [5.74, 6) is 0.0921. The molecule has 130 valence electrons. The predicted molar refractivity (Wildman–Crippen MR) is 96.2 cm³/mol. The Morgan fingerprint density at radius 1 is 1.24 bits per heavy atom. The molecule has 0 spiro atoms. The fraction of sp³-hybridized carbons (Fsp3) is 0.316. The average Bonchev–Trinajstić information content (AvgIpc) is 3.04. The van der Waals surface area contributed by atoms with Gasteiger partial charge in [0, 0.05) is 18.3 Å². The molecule has 1 amide bonds. The van der Waals surface area contributed by atoms with Crippen LogP contribution in [0.15, 0.2) is 48.8 Å². The molecular weight excluding hydrogens is 316 g/mol. The van der Waals surface area contributed by atoms with Gasteiger partial charge in [-0.15, -0.1) is 0 Å². The highest BCUT2D eigenvalue weighted by atomic mass is 16.3. The molecular formula is C19H22N4O2. The Bertz CT molecular complexity index is 858. The lowest BCUT2D eigenvalue weighted by atomic mass is 10.1. The van der Waals surface area contributed by atoms with Crippen molar-refractivity contribution in [2.75, 3.05) is 6.54 Å². The van der Waals surface area contributed by atoms with Crippen molar-refractivity contribution in [2.45, 2.75) is 26.4 Å². The van der Waals surface area contributed by atoms with E-state index >= 15 is 0 Å². The zero-order valence-electron chi connectivity index (χ0n) is 14.4. The molecule has 1 atom stereocenters. The number of aliphatic hydroxyl groups is 1. The SMILES string of the molecule is CC(C)CC(O)CNC(=O)c1cnn2c(-c3ccccc3)ccnc12. The van der Waals surface area contributed by atoms with Crippen molar-refractivity contribution in [3.63, 3.8) is 0 Å². The summed E-state index contributed by atoms with van der Waals surface area (Å²) in [4.78, 5) is 16.7. The Balaban J connectivity index is 1.83. The van der Waals surface area contributed by atoms with Crippen LogP contribution in [0.4, 0.5) is 0 Å². The minimum Gasteiger partial charge on any atom is -0.391 e. The molecule has 0 aliphatic rings. The Morgan fingerprint density at radius 2 is 2.00 bits per heavy atom. The van der Waals surface area contributed by atoms with E-state index in [2.05, 4.69) is 15.4 Å². The molecule has 1 unspecified atom stereocenters. The molecule has 25 heavy (non-hydrogen) atoms. The molecule has 1 aromatic carbocycles. The molecule has 0 aliphatic heterocycles. The molecule has 0 saturated carbocycles. The van der Waals surface area contributed by atoms with Gasteiger partial charge in [0.1, 0.15) is 5.56 Å². The van der Waals surface area contributed by atoms with Crippen molar-refractivity contribution in [2.24, 2.45) is 5.92 Å². The van der Waals surface area contributed by atoms with Gasteiger partial charge in [-0.25, -0.2) is 9.50 Å². The lowest BCUT2D eigenvalue weighted by Gasteiger charge is -2.13. The summed E-state index contributed by atoms with van der Waals surface area (Å²) in [7, 11) is 0. The minimum absolute atomic E-state index is 0.215. The molecule has 3 rings (SSSR count). The molecule has 0 bridgehead atoms. The number of hydrogen-bond acceptors (Lipinski definition) is 4. The van der Waals surface area contributed by atoms with Gasteiger partial charge in [-0.2, -0.15) is 5.10 Å². The van der Waals surface area contributed by atoms with Crippen molar-refractivity contribution in [1.29, 1.82) is 0 Å². The van der Waals surface area contributed by atoms with E-state index in [1.165, 1.54) is 6.20 Å². The standard InChI is InChI=1S/C19H22N4O2/c1-13(2)10-15(24)11-21-19(25)16-12-22-23-17(8-9-20-18(16)23)14-6-4-3-5-7-14/h3-9,12-13,15,24H,10-11H2,1-2H3,(H,21,25). The van der Waals surface area contributed by atoms with Crippen molar-refractivity contribution in [3.8, 4) is 11.3 Å². The summed E-state index contributed by atoms with van der Waals surface area (Å²) in [6.45, 7) is 4.28. The van der Waals surface area contributed by atoms with Crippen LogP contribution in [0.25, 0.3) is 16.9 Å². The van der Waals surface area contributed by atoms with E-state index in [1.807, 2.05) is 50.2 Å². The number of carbonyl (C=O) groups is 1. The summed E-state index contributed by atoms with van der Waals surface area (Å²) in [5, 5.41) is 17.0. The predicted octanol–water partition coefficient (Wildman–Crippen LogP) is 2.53. The van der Waals surface area contributed by atoms with Gasteiger partial charge in [0.2, 0.25) is 0 Å². The van der Waals surface area contributed by atoms with E-state index in [0.717, 1.165) is 11.3 Å². The zero-order chi connectivity index (χ0) is 17.8. The first-order valence-electron chi connectivity index (χ1n) is 8.40. The molecule has 6 heteroatoms. The zero-order valence-corrected chi connectivity index (χ0v) is 14.4. The Kier molecular flexibility index (Phi) is 5.09. The summed E-state index contributed by atoms with van der Waals surface area (Å²) in [6.07, 6.45) is 3.27. The Morgan fingerprint density at radius 3 is 2.72 bits per heavy atom. The van der Waals surface area contributed by atoms with Gasteiger partial charge in [-0.05, 0) is 18.4 Å². The molecule has 2 aromatic heterocycles. The quantitative estimate of drug-likeness (QED) is 0.724. The molecule has 2 N–H and O–H groups in total. The second kappa shape index (κ2) is 7.44. The van der Waals surface area contributed by atoms with Crippen LogP contribution in [0.1, 0.15) is 30.6 Å². The molecule has 6 nitrogen and oxygen atoms in total. The highest BCUT2D eigenvalue weighted by Gasteiger charge is 2.17. The van der Waals surface area contributed by atoms with Gasteiger partial charge in [0.15, 0.2) is 5.65 Å². The van der Waals surface area contributed by atoms with E-state index in [0.29, 0.717) is 23.5 Å². The van der Waals surface area contributed by atoms with E-state index in [-0.39, 0.29) is 12.5 Å². The fourth-order valence-electron chi connectivity index (χ4n) is 2.81. The number of carbonyl (C=O) groups excluding carboxylic acids is 1. The second-order valence-electron chi connectivity index (χ2n) is 6.48. The van der Waals surface area contributed by atoms with E-state index in [1.54, 1.807) is 10.7 Å². The van der Waals surface area contributed by atoms with Crippen molar-refractivity contribution in [3.05, 3.63) is 54.4 Å². The average molecular weight is 338 g/mol. The summed E-state index contributed by atoms with van der Waals surface area (Å²) < 4.78 is 1.66. The number of nitrogens with zero attached hydrogens (tertiary/aromatic N) is 3. The number of hydrogen-bond donors (Lipinski definition) is 2. The maximum absolute atomic E-state index is 12.4. The first kappa shape index (κ1) is 17.1. The third-order valence-electron chi connectivity index (χ3n) is 3.96. The number of benzene rings is 1. The van der Waals surface area contributed by atoms with Gasteiger partial charge in [-0.1, -0.05) is 44.2 Å². The maximum atomic E-state index is 12.4. The number of nitrogens with one attached hydrogen (secondary N) is 1. The first-order valence-corrected chi connectivity index (χ1v) is 8.40. The highest BCUT2D eigenvalue weighted by Crippen LogP contribution is 2.20. The van der Waals surface area contributed by atoms with Crippen LogP contribution in [0.5, 0.6) is 0 Å². The third kappa shape index (κ3) is 3.85. The normalized spacial score (nSPS) is 12.5. The van der Waals surface area contributed by atoms with Crippen LogP contribution < -0.4 is 5.32 Å². The van der Waals surface area contributed by atoms with Gasteiger partial charge in [-0.3, -0.25) is 4.79 Å². The number of rotatable bonds is 6. The smallest absolute Gasteiger partial charge is 0.256 e. The van der Waals surface area contributed by atoms with Crippen molar-refractivity contribution in [1.82, 2.24) is 19.9 Å². The first-order chi connectivity index (χ1) is 12.1. The maximum Gasteiger partial charge on any atom is 0.256 e. The van der Waals surface area contributed by atoms with E-state index < -0.39 is 6.10 Å². The summed E-state index contributed by atoms with van der Waals surface area (Å²) in [5.41, 5.74) is 2.76. The second-order valence-corrected chi connectivity index (χ2v) is 6.48. The Labute approximate surface area is 146 Å². The van der Waals surface area contributed by atoms with Crippen LogP contribution in [0, 0.1) is 5.92 Å². The molecule has 0 radical (unpaired) electrons. The van der Waals surface area contributed by atoms with E-state index in [9.17, 15) is 9.90 Å². The van der Waals surface area contributed by atoms with Crippen molar-refractivity contribution >= 4 is 11.6 Å². The largest absolute Gasteiger partial charge is 0.391 e. The van der Waals surface area contributed by atoms with Crippen LogP contribution >= 0.6 is 0 Å². The van der Waals surface area contributed by atoms with Gasteiger partial charge in [0.25, 0.3) is 5.91 Å². The van der Waals surface area contributed by atoms with Gasteiger partial charge in [0.05, 0.1) is 18.0 Å². The topological polar surface area (TPSA) is 79.5 Å². The third-order valence-corrected chi connectivity index (χ3v) is 3.96. The molecule has 0 saturated heterocycles. The van der Waals surface area contributed by atoms with Crippen LogP contribution in [0.3, 0.4) is 0 Å². The minimum atomic E-state index is -0.557. The van der Waals surface area contributed by atoms with Gasteiger partial charge < -0.3 is 10.4 Å². The van der Waals surface area contributed by atoms with Crippen molar-refractivity contribution < 1.29 is 9.90 Å². The Hall–Kier alpha value is -2.73. The highest BCUT2D eigenvalue weighted by molar-refractivity contribution is 5.99. The number of aromatic nitrogens is 3. The number of fused-ring (bicyclic) bond motifs is 1. The van der Waals surface area contributed by atoms with Crippen LogP contribution in [-0.2, 0) is 0 Å². The molecule has 2 heterocycles. The lowest BCUT2D eigenvalue weighted by Crippen LogP contribution is -2.32. The lowest BCUT2D eigenvalue weighted by molar-refractivity contribution is 0.0901. The summed E-state index contributed by atoms with van der Waals surface area (Å²) >= 11 is 0. The monoisotopic (exact) mass is 338 g/mol.